The Bertz CT molecular complexity index is 439. The normalized spacial score (nSPS) is 20.6. The Hall–Kier alpha value is -0.606. The summed E-state index contributed by atoms with van der Waals surface area (Å²) in [5.41, 5.74) is 2.95. The molecule has 0 bridgehead atoms. The fourth-order valence-corrected chi connectivity index (χ4v) is 12.9. The molecule has 0 unspecified atom stereocenters. The summed E-state index contributed by atoms with van der Waals surface area (Å²) in [5, 5.41) is 3.56. The van der Waals surface area contributed by atoms with Crippen LogP contribution in [0.25, 0.3) is 0 Å². The predicted molar refractivity (Wildman–Crippen MR) is 87.9 cm³/mol. The molecule has 0 N–H and O–H groups in total. The monoisotopic (exact) mass is 274 g/mol. The molecule has 2 rings (SSSR count). The molecule has 0 atom stereocenters. The van der Waals surface area contributed by atoms with Crippen molar-refractivity contribution in [3.8, 4) is 0 Å². The molecule has 2 aliphatic rings. The van der Waals surface area contributed by atoms with Gasteiger partial charge in [-0.2, -0.15) is 0 Å². The fourth-order valence-electron chi connectivity index (χ4n) is 3.00. The van der Waals surface area contributed by atoms with Crippen LogP contribution in [-0.4, -0.2) is 15.2 Å². The maximum atomic E-state index is 2.60. The summed E-state index contributed by atoms with van der Waals surface area (Å²) in [6.07, 6.45) is 12.2. The topological polar surface area (TPSA) is 0 Å². The lowest BCUT2D eigenvalue weighted by Crippen LogP contribution is -2.57. The molecular weight excluding hydrogens is 248 g/mol. The van der Waals surface area contributed by atoms with Crippen LogP contribution in [0.15, 0.2) is 45.8 Å². The molecule has 0 fully saturated rings. The lowest BCUT2D eigenvalue weighted by molar-refractivity contribution is 1.33. The Balaban J connectivity index is 2.30. The SMILES string of the molecule is CC1=CCC([Si](C)(C)[Si](C)(C)C2=CC(C)=CC2)=C1. The molecule has 0 aromatic heterocycles. The first-order valence-corrected chi connectivity index (χ1v) is 14.0. The van der Waals surface area contributed by atoms with E-state index in [0.29, 0.717) is 0 Å². The molecule has 0 aliphatic heterocycles. The van der Waals surface area contributed by atoms with Crippen molar-refractivity contribution in [1.82, 2.24) is 0 Å². The van der Waals surface area contributed by atoms with Crippen LogP contribution in [0.1, 0.15) is 26.7 Å². The van der Waals surface area contributed by atoms with Crippen LogP contribution in [0.2, 0.25) is 26.2 Å². The Kier molecular flexibility index (Phi) is 3.45. The summed E-state index contributed by atoms with van der Waals surface area (Å²) < 4.78 is 0. The third-order valence-electron chi connectivity index (χ3n) is 5.26. The lowest BCUT2D eigenvalue weighted by Gasteiger charge is -2.41. The van der Waals surface area contributed by atoms with Crippen molar-refractivity contribution in [2.45, 2.75) is 52.9 Å². The third kappa shape index (κ3) is 2.16. The van der Waals surface area contributed by atoms with Gasteiger partial charge in [0.05, 0.1) is 15.2 Å². The molecule has 0 spiro atoms. The van der Waals surface area contributed by atoms with E-state index in [1.165, 1.54) is 24.0 Å². The Morgan fingerprint density at radius 2 is 1.06 bits per heavy atom. The first kappa shape index (κ1) is 13.8. The molecule has 0 aromatic rings. The van der Waals surface area contributed by atoms with Gasteiger partial charge in [0.25, 0.3) is 0 Å². The summed E-state index contributed by atoms with van der Waals surface area (Å²) in [7, 11) is -2.58. The largest absolute Gasteiger partial charge is 0.0791 e. The van der Waals surface area contributed by atoms with Crippen molar-refractivity contribution >= 4 is 15.2 Å². The van der Waals surface area contributed by atoms with E-state index in [9.17, 15) is 0 Å². The second-order valence-corrected chi connectivity index (χ2v) is 22.2. The molecular formula is C16H26Si2. The summed E-state index contributed by atoms with van der Waals surface area (Å²) >= 11 is 0. The average molecular weight is 275 g/mol. The maximum absolute atomic E-state index is 2.60. The summed E-state index contributed by atoms with van der Waals surface area (Å²) in [4.78, 5) is 0. The summed E-state index contributed by atoms with van der Waals surface area (Å²) in [6.45, 7) is 14.9. The van der Waals surface area contributed by atoms with Crippen molar-refractivity contribution in [3.05, 3.63) is 45.8 Å². The summed E-state index contributed by atoms with van der Waals surface area (Å²) in [6, 6.07) is 0. The van der Waals surface area contributed by atoms with E-state index in [-0.39, 0.29) is 0 Å². The molecule has 0 amide bonds. The first-order chi connectivity index (χ1) is 8.25. The molecule has 2 aliphatic carbocycles. The van der Waals surface area contributed by atoms with Crippen molar-refractivity contribution in [2.24, 2.45) is 0 Å². The molecule has 98 valence electrons. The van der Waals surface area contributed by atoms with Crippen LogP contribution in [0, 0.1) is 0 Å². The molecule has 0 saturated heterocycles. The van der Waals surface area contributed by atoms with Crippen LogP contribution in [-0.2, 0) is 0 Å². The highest BCUT2D eigenvalue weighted by Crippen LogP contribution is 2.39. The third-order valence-corrected chi connectivity index (χ3v) is 23.6. The van der Waals surface area contributed by atoms with Gasteiger partial charge in [-0.1, -0.05) is 72.0 Å². The second kappa shape index (κ2) is 4.50. The van der Waals surface area contributed by atoms with Gasteiger partial charge in [0, 0.05) is 0 Å². The second-order valence-electron chi connectivity index (χ2n) is 6.89. The lowest BCUT2D eigenvalue weighted by atomic mass is 10.3. The molecule has 0 nitrogen and oxygen atoms in total. The highest BCUT2D eigenvalue weighted by molar-refractivity contribution is 7.46. The average Bonchev–Trinajstić information content (AvgIpc) is 2.87. The molecule has 2 heteroatoms. The highest BCUT2D eigenvalue weighted by atomic mass is 29.3. The van der Waals surface area contributed by atoms with Crippen LogP contribution in [0.3, 0.4) is 0 Å². The molecule has 0 saturated carbocycles. The van der Waals surface area contributed by atoms with E-state index < -0.39 is 15.2 Å². The highest BCUT2D eigenvalue weighted by Gasteiger charge is 2.46. The van der Waals surface area contributed by atoms with E-state index in [0.717, 1.165) is 0 Å². The van der Waals surface area contributed by atoms with Crippen molar-refractivity contribution in [3.63, 3.8) is 0 Å². The first-order valence-electron chi connectivity index (χ1n) is 7.01. The van der Waals surface area contributed by atoms with Gasteiger partial charge in [0.15, 0.2) is 0 Å². The molecule has 0 aromatic carbocycles. The number of hydrogen-bond acceptors (Lipinski definition) is 0. The Labute approximate surface area is 114 Å². The van der Waals surface area contributed by atoms with Crippen LogP contribution in [0.5, 0.6) is 0 Å². The van der Waals surface area contributed by atoms with Crippen LogP contribution < -0.4 is 0 Å². The van der Waals surface area contributed by atoms with Crippen molar-refractivity contribution < 1.29 is 0 Å². The Morgan fingerprint density at radius 1 is 0.722 bits per heavy atom. The van der Waals surface area contributed by atoms with Crippen LogP contribution in [0.4, 0.5) is 0 Å². The van der Waals surface area contributed by atoms with E-state index in [1.807, 2.05) is 0 Å². The quantitative estimate of drug-likeness (QED) is 0.627. The van der Waals surface area contributed by atoms with E-state index in [1.54, 1.807) is 10.4 Å². The molecule has 18 heavy (non-hydrogen) atoms. The standard InChI is InChI=1S/C16H26Si2/c1-13-7-9-15(11-13)17(3,4)18(5,6)16-10-8-14(2)12-16/h7-8,11-12H,9-10H2,1-6H3. The molecule has 0 heterocycles. The zero-order chi connectivity index (χ0) is 13.6. The van der Waals surface area contributed by atoms with E-state index >= 15 is 0 Å². The van der Waals surface area contributed by atoms with Crippen LogP contribution >= 0.6 is 0 Å². The van der Waals surface area contributed by atoms with Gasteiger partial charge < -0.3 is 0 Å². The van der Waals surface area contributed by atoms with Gasteiger partial charge in [0.2, 0.25) is 0 Å². The molecule has 0 radical (unpaired) electrons. The van der Waals surface area contributed by atoms with Gasteiger partial charge in [-0.25, -0.2) is 0 Å². The van der Waals surface area contributed by atoms with E-state index in [2.05, 4.69) is 64.3 Å². The van der Waals surface area contributed by atoms with Gasteiger partial charge in [-0.05, 0) is 26.7 Å². The number of hydrogen-bond donors (Lipinski definition) is 0. The minimum atomic E-state index is -1.29. The zero-order valence-electron chi connectivity index (χ0n) is 12.7. The van der Waals surface area contributed by atoms with E-state index in [4.69, 9.17) is 0 Å². The van der Waals surface area contributed by atoms with Gasteiger partial charge in [0.1, 0.15) is 0 Å². The van der Waals surface area contributed by atoms with Gasteiger partial charge in [-0.3, -0.25) is 0 Å². The summed E-state index contributed by atoms with van der Waals surface area (Å²) in [5.74, 6) is 0. The number of allylic oxidation sites excluding steroid dienone is 8. The predicted octanol–water partition coefficient (Wildman–Crippen LogP) is 5.11. The van der Waals surface area contributed by atoms with Gasteiger partial charge >= 0.3 is 0 Å². The minimum Gasteiger partial charge on any atom is -0.0791 e. The van der Waals surface area contributed by atoms with Crippen molar-refractivity contribution in [2.75, 3.05) is 0 Å². The zero-order valence-corrected chi connectivity index (χ0v) is 14.7. The fraction of sp³-hybridized carbons (Fsp3) is 0.500. The van der Waals surface area contributed by atoms with Gasteiger partial charge in [-0.15, -0.1) is 0 Å². The number of rotatable bonds is 3. The minimum absolute atomic E-state index is 1.22. The smallest absolute Gasteiger partial charge is 0.0741 e. The van der Waals surface area contributed by atoms with Crippen molar-refractivity contribution in [1.29, 1.82) is 0 Å². The Morgan fingerprint density at radius 3 is 1.28 bits per heavy atom. The maximum Gasteiger partial charge on any atom is 0.0741 e.